The number of anilines is 1. The maximum absolute atomic E-state index is 3.61. The second kappa shape index (κ2) is 6.67. The SMILES string of the molecule is CC(C)NCc1cc(Br)ccc1N1CCN(C2CC2)CC1. The molecule has 0 amide bonds. The van der Waals surface area contributed by atoms with Crippen molar-refractivity contribution in [2.45, 2.75) is 45.3 Å². The molecule has 4 heteroatoms. The Kier molecular flexibility index (Phi) is 4.87. The molecule has 1 aromatic rings. The summed E-state index contributed by atoms with van der Waals surface area (Å²) in [4.78, 5) is 5.23. The van der Waals surface area contributed by atoms with Crippen LogP contribution in [0.3, 0.4) is 0 Å². The van der Waals surface area contributed by atoms with Gasteiger partial charge in [0.2, 0.25) is 0 Å². The molecule has 1 saturated heterocycles. The minimum absolute atomic E-state index is 0.517. The van der Waals surface area contributed by atoms with E-state index in [0.29, 0.717) is 6.04 Å². The minimum atomic E-state index is 0.517. The third kappa shape index (κ3) is 3.99. The summed E-state index contributed by atoms with van der Waals surface area (Å²) >= 11 is 3.61. The van der Waals surface area contributed by atoms with Crippen molar-refractivity contribution in [3.8, 4) is 0 Å². The van der Waals surface area contributed by atoms with Crippen LogP contribution in [-0.4, -0.2) is 43.2 Å². The van der Waals surface area contributed by atoms with Crippen molar-refractivity contribution in [2.75, 3.05) is 31.1 Å². The van der Waals surface area contributed by atoms with Crippen molar-refractivity contribution in [1.82, 2.24) is 10.2 Å². The molecule has 0 unspecified atom stereocenters. The van der Waals surface area contributed by atoms with Crippen LogP contribution in [0.25, 0.3) is 0 Å². The van der Waals surface area contributed by atoms with Crippen LogP contribution in [0, 0.1) is 0 Å². The van der Waals surface area contributed by atoms with E-state index in [-0.39, 0.29) is 0 Å². The fourth-order valence-electron chi connectivity index (χ4n) is 3.09. The van der Waals surface area contributed by atoms with Gasteiger partial charge in [0.15, 0.2) is 0 Å². The highest BCUT2D eigenvalue weighted by Crippen LogP contribution is 2.30. The summed E-state index contributed by atoms with van der Waals surface area (Å²) in [6, 6.07) is 8.12. The molecule has 0 aromatic heterocycles. The van der Waals surface area contributed by atoms with Crippen LogP contribution in [0.15, 0.2) is 22.7 Å². The predicted octanol–water partition coefficient (Wildman–Crippen LogP) is 3.23. The smallest absolute Gasteiger partial charge is 0.0413 e. The molecule has 3 nitrogen and oxygen atoms in total. The van der Waals surface area contributed by atoms with Crippen LogP contribution in [0.2, 0.25) is 0 Å². The van der Waals surface area contributed by atoms with E-state index in [1.54, 1.807) is 0 Å². The topological polar surface area (TPSA) is 18.5 Å². The highest BCUT2D eigenvalue weighted by Gasteiger charge is 2.31. The van der Waals surface area contributed by atoms with E-state index in [9.17, 15) is 0 Å². The van der Waals surface area contributed by atoms with Crippen LogP contribution in [0.5, 0.6) is 0 Å². The Labute approximate surface area is 136 Å². The van der Waals surface area contributed by atoms with Gasteiger partial charge in [-0.2, -0.15) is 0 Å². The molecule has 0 bridgehead atoms. The van der Waals surface area contributed by atoms with E-state index >= 15 is 0 Å². The first-order valence-electron chi connectivity index (χ1n) is 8.14. The first-order valence-corrected chi connectivity index (χ1v) is 8.93. The van der Waals surface area contributed by atoms with Crippen molar-refractivity contribution in [1.29, 1.82) is 0 Å². The van der Waals surface area contributed by atoms with Gasteiger partial charge in [0.05, 0.1) is 0 Å². The summed E-state index contributed by atoms with van der Waals surface area (Å²) in [5, 5.41) is 3.55. The molecule has 2 aliphatic rings. The zero-order chi connectivity index (χ0) is 14.8. The minimum Gasteiger partial charge on any atom is -0.369 e. The lowest BCUT2D eigenvalue weighted by molar-refractivity contribution is 0.248. The molecule has 0 spiro atoms. The molecule has 116 valence electrons. The first-order chi connectivity index (χ1) is 10.1. The van der Waals surface area contributed by atoms with Gasteiger partial charge >= 0.3 is 0 Å². The van der Waals surface area contributed by atoms with E-state index < -0.39 is 0 Å². The number of hydrogen-bond donors (Lipinski definition) is 1. The molecule has 2 fully saturated rings. The summed E-state index contributed by atoms with van der Waals surface area (Å²) in [6.07, 6.45) is 2.84. The van der Waals surface area contributed by atoms with Crippen molar-refractivity contribution < 1.29 is 0 Å². The lowest BCUT2D eigenvalue weighted by Crippen LogP contribution is -2.47. The quantitative estimate of drug-likeness (QED) is 0.878. The average Bonchev–Trinajstić information content (AvgIpc) is 3.30. The van der Waals surface area contributed by atoms with Crippen LogP contribution in [-0.2, 0) is 6.54 Å². The molecule has 1 N–H and O–H groups in total. The number of piperazine rings is 1. The summed E-state index contributed by atoms with van der Waals surface area (Å²) in [5.41, 5.74) is 2.81. The Balaban J connectivity index is 1.68. The van der Waals surface area contributed by atoms with Gasteiger partial charge < -0.3 is 10.2 Å². The Morgan fingerprint density at radius 1 is 1.19 bits per heavy atom. The molecule has 0 radical (unpaired) electrons. The van der Waals surface area contributed by atoms with Crippen LogP contribution >= 0.6 is 15.9 Å². The van der Waals surface area contributed by atoms with Crippen LogP contribution < -0.4 is 10.2 Å². The molecular formula is C17H26BrN3. The summed E-state index contributed by atoms with van der Waals surface area (Å²) < 4.78 is 1.17. The van der Waals surface area contributed by atoms with E-state index in [2.05, 4.69) is 63.1 Å². The lowest BCUT2D eigenvalue weighted by Gasteiger charge is -2.37. The fraction of sp³-hybridized carbons (Fsp3) is 0.647. The van der Waals surface area contributed by atoms with Gasteiger partial charge in [-0.3, -0.25) is 4.90 Å². The number of rotatable bonds is 5. The Hall–Kier alpha value is -0.580. The zero-order valence-corrected chi connectivity index (χ0v) is 14.7. The van der Waals surface area contributed by atoms with E-state index in [1.807, 2.05) is 0 Å². The molecular weight excluding hydrogens is 326 g/mol. The van der Waals surface area contributed by atoms with Crippen molar-refractivity contribution in [2.24, 2.45) is 0 Å². The summed E-state index contributed by atoms with van der Waals surface area (Å²) in [5.74, 6) is 0. The molecule has 3 rings (SSSR count). The number of hydrogen-bond acceptors (Lipinski definition) is 3. The van der Waals surface area contributed by atoms with Crippen molar-refractivity contribution in [3.05, 3.63) is 28.2 Å². The molecule has 1 aliphatic heterocycles. The Morgan fingerprint density at radius 3 is 2.52 bits per heavy atom. The summed E-state index contributed by atoms with van der Waals surface area (Å²) in [7, 11) is 0. The summed E-state index contributed by atoms with van der Waals surface area (Å²) in [6.45, 7) is 10.1. The zero-order valence-electron chi connectivity index (χ0n) is 13.1. The van der Waals surface area contributed by atoms with Gasteiger partial charge in [-0.25, -0.2) is 0 Å². The van der Waals surface area contributed by atoms with Crippen molar-refractivity contribution >= 4 is 21.6 Å². The second-order valence-corrected chi connectivity index (χ2v) is 7.48. The molecule has 21 heavy (non-hydrogen) atoms. The van der Waals surface area contributed by atoms with Gasteiger partial charge in [0, 0.05) is 55.0 Å². The maximum Gasteiger partial charge on any atom is 0.0413 e. The first kappa shape index (κ1) is 15.3. The van der Waals surface area contributed by atoms with Gasteiger partial charge in [0.1, 0.15) is 0 Å². The van der Waals surface area contributed by atoms with Crippen LogP contribution in [0.1, 0.15) is 32.3 Å². The normalized spacial score (nSPS) is 20.3. The number of benzene rings is 1. The molecule has 0 atom stereocenters. The maximum atomic E-state index is 3.61. The third-order valence-electron chi connectivity index (χ3n) is 4.46. The highest BCUT2D eigenvalue weighted by molar-refractivity contribution is 9.10. The van der Waals surface area contributed by atoms with Gasteiger partial charge in [0.25, 0.3) is 0 Å². The van der Waals surface area contributed by atoms with E-state index in [0.717, 1.165) is 25.7 Å². The van der Waals surface area contributed by atoms with Gasteiger partial charge in [-0.05, 0) is 36.6 Å². The monoisotopic (exact) mass is 351 g/mol. The highest BCUT2D eigenvalue weighted by atomic mass is 79.9. The number of halogens is 1. The number of nitrogens with zero attached hydrogens (tertiary/aromatic N) is 2. The molecule has 1 saturated carbocycles. The second-order valence-electron chi connectivity index (χ2n) is 6.56. The standard InChI is InChI=1S/C17H26BrN3/c1-13(2)19-12-14-11-15(18)3-6-17(14)21-9-7-20(8-10-21)16-4-5-16/h3,6,11,13,16,19H,4-5,7-10,12H2,1-2H3. The molecule has 1 aromatic carbocycles. The van der Waals surface area contributed by atoms with Gasteiger partial charge in [-0.15, -0.1) is 0 Å². The van der Waals surface area contributed by atoms with Crippen molar-refractivity contribution in [3.63, 3.8) is 0 Å². The molecule has 1 aliphatic carbocycles. The third-order valence-corrected chi connectivity index (χ3v) is 4.95. The fourth-order valence-corrected chi connectivity index (χ4v) is 3.49. The van der Waals surface area contributed by atoms with E-state index in [4.69, 9.17) is 0 Å². The van der Waals surface area contributed by atoms with Crippen LogP contribution in [0.4, 0.5) is 5.69 Å². The van der Waals surface area contributed by atoms with Gasteiger partial charge in [-0.1, -0.05) is 29.8 Å². The Morgan fingerprint density at radius 2 is 1.90 bits per heavy atom. The average molecular weight is 352 g/mol. The lowest BCUT2D eigenvalue weighted by atomic mass is 10.1. The number of nitrogens with one attached hydrogen (secondary N) is 1. The largest absolute Gasteiger partial charge is 0.369 e. The predicted molar refractivity (Wildman–Crippen MR) is 92.9 cm³/mol. The Bertz CT molecular complexity index is 477. The molecule has 1 heterocycles. The van der Waals surface area contributed by atoms with E-state index in [1.165, 1.54) is 41.7 Å².